The van der Waals surface area contributed by atoms with Gasteiger partial charge in [0.05, 0.1) is 22.6 Å². The number of hydrogen-bond donors (Lipinski definition) is 2. The van der Waals surface area contributed by atoms with Crippen LogP contribution in [-0.2, 0) is 0 Å². The van der Waals surface area contributed by atoms with Crippen LogP contribution in [0.25, 0.3) is 0 Å². The Labute approximate surface area is 169 Å². The first-order valence-electron chi connectivity index (χ1n) is 8.91. The molecule has 30 heavy (non-hydrogen) atoms. The third-order valence-electron chi connectivity index (χ3n) is 4.69. The van der Waals surface area contributed by atoms with Crippen LogP contribution in [0.15, 0.2) is 36.4 Å². The highest BCUT2D eigenvalue weighted by atomic mass is 19.4. The molecule has 1 aliphatic heterocycles. The zero-order valence-electron chi connectivity index (χ0n) is 15.5. The minimum atomic E-state index is -4.83. The summed E-state index contributed by atoms with van der Waals surface area (Å²) in [5.74, 6) is -0.996. The van der Waals surface area contributed by atoms with Crippen LogP contribution in [0.5, 0.6) is 11.5 Å². The van der Waals surface area contributed by atoms with E-state index in [0.717, 1.165) is 18.2 Å². The SMILES string of the molecule is N#Cc1cc([C@@H](c2ccc(OC(F)(F)F)cc2)N2CCNCC2)c(O)c([N+](=O)[O-])c1. The van der Waals surface area contributed by atoms with Gasteiger partial charge in [0.25, 0.3) is 0 Å². The van der Waals surface area contributed by atoms with Gasteiger partial charge in [0.15, 0.2) is 5.75 Å². The van der Waals surface area contributed by atoms with Crippen LogP contribution in [0.2, 0.25) is 0 Å². The van der Waals surface area contributed by atoms with E-state index in [1.54, 1.807) is 0 Å². The van der Waals surface area contributed by atoms with Crippen molar-refractivity contribution >= 4 is 5.69 Å². The average molecular weight is 422 g/mol. The smallest absolute Gasteiger partial charge is 0.502 e. The van der Waals surface area contributed by atoms with Crippen molar-refractivity contribution in [2.75, 3.05) is 26.2 Å². The first-order chi connectivity index (χ1) is 14.2. The number of alkyl halides is 3. The molecule has 0 aliphatic carbocycles. The van der Waals surface area contributed by atoms with Gasteiger partial charge in [0.2, 0.25) is 0 Å². The third-order valence-corrected chi connectivity index (χ3v) is 4.69. The van der Waals surface area contributed by atoms with Crippen molar-refractivity contribution in [3.8, 4) is 17.6 Å². The van der Waals surface area contributed by atoms with E-state index in [1.807, 2.05) is 11.0 Å². The van der Waals surface area contributed by atoms with Gasteiger partial charge in [-0.1, -0.05) is 12.1 Å². The lowest BCUT2D eigenvalue weighted by molar-refractivity contribution is -0.386. The van der Waals surface area contributed by atoms with Gasteiger partial charge in [-0.25, -0.2) is 0 Å². The van der Waals surface area contributed by atoms with Crippen LogP contribution in [0, 0.1) is 21.4 Å². The molecule has 2 N–H and O–H groups in total. The number of nitriles is 1. The van der Waals surface area contributed by atoms with Gasteiger partial charge in [-0.2, -0.15) is 5.26 Å². The first kappa shape index (κ1) is 21.4. The number of piperazine rings is 1. The summed E-state index contributed by atoms with van der Waals surface area (Å²) in [6, 6.07) is 8.54. The van der Waals surface area contributed by atoms with Gasteiger partial charge in [0, 0.05) is 37.8 Å². The topological polar surface area (TPSA) is 112 Å². The Hall–Kier alpha value is -3.36. The van der Waals surface area contributed by atoms with E-state index >= 15 is 0 Å². The summed E-state index contributed by atoms with van der Waals surface area (Å²) < 4.78 is 41.2. The monoisotopic (exact) mass is 422 g/mol. The maximum atomic E-state index is 12.4. The second-order valence-corrected chi connectivity index (χ2v) is 6.61. The number of rotatable bonds is 5. The number of hydrogen-bond acceptors (Lipinski definition) is 7. The Kier molecular flexibility index (Phi) is 6.09. The summed E-state index contributed by atoms with van der Waals surface area (Å²) in [5.41, 5.74) is 0.00567. The number of ether oxygens (including phenoxy) is 1. The van der Waals surface area contributed by atoms with E-state index in [-0.39, 0.29) is 11.1 Å². The predicted molar refractivity (Wildman–Crippen MR) is 98.9 cm³/mol. The molecule has 8 nitrogen and oxygen atoms in total. The van der Waals surface area contributed by atoms with Crippen molar-refractivity contribution in [3.05, 3.63) is 63.2 Å². The first-order valence-corrected chi connectivity index (χ1v) is 8.91. The summed E-state index contributed by atoms with van der Waals surface area (Å²) in [4.78, 5) is 12.5. The molecule has 2 aromatic rings. The molecule has 0 amide bonds. The number of nitrogens with zero attached hydrogens (tertiary/aromatic N) is 3. The molecule has 1 saturated heterocycles. The molecule has 0 bridgehead atoms. The molecule has 0 spiro atoms. The molecule has 2 aromatic carbocycles. The standard InChI is InChI=1S/C19H17F3N4O4/c20-19(21,22)30-14-3-1-13(2-4-14)17(25-7-5-24-6-8-25)15-9-12(11-23)10-16(18(15)27)26(28)29/h1-4,9-10,17,24,27H,5-8H2/t17-/m1/s1. The molecule has 1 atom stereocenters. The van der Waals surface area contributed by atoms with Crippen LogP contribution < -0.4 is 10.1 Å². The number of phenols is 1. The number of nitro groups is 1. The molecule has 0 aromatic heterocycles. The zero-order valence-corrected chi connectivity index (χ0v) is 15.5. The molecule has 1 aliphatic rings. The van der Waals surface area contributed by atoms with Crippen molar-refractivity contribution in [2.45, 2.75) is 12.4 Å². The van der Waals surface area contributed by atoms with E-state index < -0.39 is 34.5 Å². The largest absolute Gasteiger partial charge is 0.573 e. The summed E-state index contributed by atoms with van der Waals surface area (Å²) in [7, 11) is 0. The van der Waals surface area contributed by atoms with Gasteiger partial charge < -0.3 is 15.2 Å². The summed E-state index contributed by atoms with van der Waals surface area (Å²) in [6.07, 6.45) is -4.83. The highest BCUT2D eigenvalue weighted by molar-refractivity contribution is 5.58. The Bertz CT molecular complexity index is 967. The van der Waals surface area contributed by atoms with E-state index in [4.69, 9.17) is 0 Å². The van der Waals surface area contributed by atoms with E-state index in [0.29, 0.717) is 31.7 Å². The molecular formula is C19H17F3N4O4. The number of phenolic OH excluding ortho intramolecular Hbond substituents is 1. The lowest BCUT2D eigenvalue weighted by atomic mass is 9.93. The quantitative estimate of drug-likeness (QED) is 0.563. The van der Waals surface area contributed by atoms with Crippen molar-refractivity contribution < 1.29 is 27.9 Å². The summed E-state index contributed by atoms with van der Waals surface area (Å²) >= 11 is 0. The van der Waals surface area contributed by atoms with Crippen molar-refractivity contribution in [1.29, 1.82) is 5.26 Å². The Morgan fingerprint density at radius 2 is 1.87 bits per heavy atom. The molecule has 0 saturated carbocycles. The molecule has 1 fully saturated rings. The number of aromatic hydroxyl groups is 1. The minimum Gasteiger partial charge on any atom is -0.502 e. The van der Waals surface area contributed by atoms with E-state index in [1.165, 1.54) is 18.2 Å². The zero-order chi connectivity index (χ0) is 21.9. The number of halogens is 3. The van der Waals surface area contributed by atoms with Crippen LogP contribution in [0.3, 0.4) is 0 Å². The van der Waals surface area contributed by atoms with Gasteiger partial charge in [-0.05, 0) is 23.8 Å². The van der Waals surface area contributed by atoms with Gasteiger partial charge in [0.1, 0.15) is 5.75 Å². The fourth-order valence-electron chi connectivity index (χ4n) is 3.43. The molecule has 158 valence electrons. The van der Waals surface area contributed by atoms with Crippen molar-refractivity contribution in [1.82, 2.24) is 10.2 Å². The second-order valence-electron chi connectivity index (χ2n) is 6.61. The minimum absolute atomic E-state index is 0.00772. The van der Waals surface area contributed by atoms with Crippen LogP contribution in [-0.4, -0.2) is 47.5 Å². The third kappa shape index (κ3) is 4.79. The Morgan fingerprint density at radius 3 is 2.40 bits per heavy atom. The lowest BCUT2D eigenvalue weighted by Gasteiger charge is -2.35. The second kappa shape index (κ2) is 8.56. The Morgan fingerprint density at radius 1 is 1.23 bits per heavy atom. The highest BCUT2D eigenvalue weighted by Crippen LogP contribution is 2.41. The number of benzene rings is 2. The average Bonchev–Trinajstić information content (AvgIpc) is 2.70. The fourth-order valence-corrected chi connectivity index (χ4v) is 3.43. The van der Waals surface area contributed by atoms with Crippen LogP contribution in [0.1, 0.15) is 22.7 Å². The molecule has 0 radical (unpaired) electrons. The fraction of sp³-hybridized carbons (Fsp3) is 0.316. The van der Waals surface area contributed by atoms with Gasteiger partial charge >= 0.3 is 12.0 Å². The summed E-state index contributed by atoms with van der Waals surface area (Å²) in [5, 5.41) is 34.4. The Balaban J connectivity index is 2.10. The molecule has 3 rings (SSSR count). The van der Waals surface area contributed by atoms with Gasteiger partial charge in [-0.3, -0.25) is 15.0 Å². The predicted octanol–water partition coefficient (Wildman–Crippen LogP) is 3.07. The van der Waals surface area contributed by atoms with E-state index in [2.05, 4.69) is 10.1 Å². The molecule has 11 heteroatoms. The number of nitro benzene ring substituents is 1. The van der Waals surface area contributed by atoms with Gasteiger partial charge in [-0.15, -0.1) is 13.2 Å². The normalized spacial score (nSPS) is 15.9. The highest BCUT2D eigenvalue weighted by Gasteiger charge is 2.33. The van der Waals surface area contributed by atoms with Crippen LogP contribution >= 0.6 is 0 Å². The maximum absolute atomic E-state index is 12.4. The van der Waals surface area contributed by atoms with Crippen molar-refractivity contribution in [3.63, 3.8) is 0 Å². The maximum Gasteiger partial charge on any atom is 0.573 e. The molecule has 1 heterocycles. The van der Waals surface area contributed by atoms with Crippen molar-refractivity contribution in [2.24, 2.45) is 0 Å². The lowest BCUT2D eigenvalue weighted by Crippen LogP contribution is -2.45. The van der Waals surface area contributed by atoms with E-state index in [9.17, 15) is 33.7 Å². The summed E-state index contributed by atoms with van der Waals surface area (Å²) in [6.45, 7) is 2.28. The molecule has 0 unspecified atom stereocenters. The number of nitrogens with one attached hydrogen (secondary N) is 1. The van der Waals surface area contributed by atoms with Crippen LogP contribution in [0.4, 0.5) is 18.9 Å². The molecular weight excluding hydrogens is 405 g/mol.